The summed E-state index contributed by atoms with van der Waals surface area (Å²) in [7, 11) is 3.86. The van der Waals surface area contributed by atoms with Gasteiger partial charge in [-0.2, -0.15) is 0 Å². The molecule has 0 aliphatic heterocycles. The van der Waals surface area contributed by atoms with Gasteiger partial charge in [0.25, 0.3) is 0 Å². The Bertz CT molecular complexity index is 407. The number of likely N-dealkylation sites (N-methyl/N-ethyl adjacent to an activating group) is 1. The molecule has 4 nitrogen and oxygen atoms in total. The number of rotatable bonds is 8. The molecule has 0 fully saturated rings. The van der Waals surface area contributed by atoms with Gasteiger partial charge in [-0.3, -0.25) is 0 Å². The number of nitrogens with one attached hydrogen (secondary N) is 1. The molecule has 0 spiro atoms. The van der Waals surface area contributed by atoms with Gasteiger partial charge >= 0.3 is 5.97 Å². The first-order valence-corrected chi connectivity index (χ1v) is 6.73. The molecule has 106 valence electrons. The summed E-state index contributed by atoms with van der Waals surface area (Å²) in [5, 5.41) is 1.45. The zero-order valence-corrected chi connectivity index (χ0v) is 12.1. The molecule has 19 heavy (non-hydrogen) atoms. The molecule has 0 heterocycles. The molecule has 1 aromatic rings. The zero-order chi connectivity index (χ0) is 15.0. The Morgan fingerprint density at radius 1 is 1.37 bits per heavy atom. The molecule has 0 aliphatic carbocycles. The topological polar surface area (TPSA) is 41.6 Å². The normalized spacial score (nSPS) is 11.3. The van der Waals surface area contributed by atoms with E-state index in [1.54, 1.807) is 24.3 Å². The van der Waals surface area contributed by atoms with Crippen molar-refractivity contribution < 1.29 is 10.9 Å². The number of carbonyl (C=O) groups is 1. The van der Waals surface area contributed by atoms with Crippen molar-refractivity contribution in [1.82, 2.24) is 4.90 Å². The molecule has 0 saturated heterocycles. The Kier molecular flexibility index (Phi) is 6.23. The van der Waals surface area contributed by atoms with Crippen LogP contribution in [0.2, 0.25) is 1.41 Å². The van der Waals surface area contributed by atoms with Crippen LogP contribution in [0.3, 0.4) is 0 Å². The number of anilines is 1. The first-order valence-electron chi connectivity index (χ1n) is 7.17. The summed E-state index contributed by atoms with van der Waals surface area (Å²) >= 11 is 0. The fraction of sp³-hybridized carbons (Fsp3) is 0.533. The van der Waals surface area contributed by atoms with Crippen LogP contribution in [0, 0.1) is 0 Å². The maximum absolute atomic E-state index is 11.8. The molecule has 4 heteroatoms. The van der Waals surface area contributed by atoms with Crippen molar-refractivity contribution in [3.05, 3.63) is 29.8 Å². The largest absolute Gasteiger partial charge is 0.461 e. The van der Waals surface area contributed by atoms with Gasteiger partial charge in [0.2, 0.25) is 0 Å². The number of hydrogen-bond donors (Lipinski definition) is 1. The second-order valence-electron chi connectivity index (χ2n) is 4.72. The molecule has 1 aromatic carbocycles. The number of carbonyl (C=O) groups excluding carboxylic acids is 1. The summed E-state index contributed by atoms with van der Waals surface area (Å²) < 4.78 is 13.0. The van der Waals surface area contributed by atoms with Crippen molar-refractivity contribution in [3.8, 4) is 0 Å². The molecule has 0 atom stereocenters. The highest BCUT2D eigenvalue weighted by molar-refractivity contribution is 5.89. The van der Waals surface area contributed by atoms with Crippen molar-refractivity contribution in [2.24, 2.45) is 0 Å². The maximum Gasteiger partial charge on any atom is 0.338 e. The minimum absolute atomic E-state index is 0.316. The first-order chi connectivity index (χ1) is 9.54. The number of esters is 1. The molecule has 0 saturated carbocycles. The Balaban J connectivity index is 2.50. The van der Waals surface area contributed by atoms with Crippen LogP contribution in [-0.4, -0.2) is 44.7 Å². The highest BCUT2D eigenvalue weighted by Crippen LogP contribution is 2.10. The molecule has 0 bridgehead atoms. The van der Waals surface area contributed by atoms with Crippen molar-refractivity contribution in [1.29, 1.82) is 0 Å². The third-order valence-electron chi connectivity index (χ3n) is 2.68. The summed E-state index contributed by atoms with van der Waals surface area (Å²) in [4.78, 5) is 13.7. The maximum atomic E-state index is 11.8. The van der Waals surface area contributed by atoms with E-state index >= 15 is 0 Å². The van der Waals surface area contributed by atoms with Crippen LogP contribution in [0.4, 0.5) is 5.69 Å². The number of hydrogen-bond acceptors (Lipinski definition) is 4. The lowest BCUT2D eigenvalue weighted by Gasteiger charge is -2.10. The van der Waals surface area contributed by atoms with Crippen molar-refractivity contribution >= 4 is 11.7 Å². The van der Waals surface area contributed by atoms with Crippen molar-refractivity contribution in [2.45, 2.75) is 19.8 Å². The third-order valence-corrected chi connectivity index (χ3v) is 2.68. The molecule has 0 unspecified atom stereocenters. The average Bonchev–Trinajstić information content (AvgIpc) is 2.44. The monoisotopic (exact) mass is 265 g/mol. The van der Waals surface area contributed by atoms with Gasteiger partial charge in [-0.15, -0.1) is 0 Å². The molecular weight excluding hydrogens is 240 g/mol. The van der Waals surface area contributed by atoms with E-state index in [9.17, 15) is 4.79 Å². The Labute approximate surface area is 117 Å². The van der Waals surface area contributed by atoms with Gasteiger partial charge < -0.3 is 14.9 Å². The molecule has 1 N–H and O–H groups in total. The fourth-order valence-electron chi connectivity index (χ4n) is 1.47. The summed E-state index contributed by atoms with van der Waals surface area (Å²) in [5.74, 6) is -0.316. The van der Waals surface area contributed by atoms with E-state index in [2.05, 4.69) is 6.92 Å². The van der Waals surface area contributed by atoms with Crippen molar-refractivity contribution in [3.63, 3.8) is 0 Å². The lowest BCUT2D eigenvalue weighted by Crippen LogP contribution is -2.20. The van der Waals surface area contributed by atoms with Crippen LogP contribution in [0.25, 0.3) is 0 Å². The van der Waals surface area contributed by atoms with E-state index in [0.29, 0.717) is 25.3 Å². The summed E-state index contributed by atoms with van der Waals surface area (Å²) in [6, 6.07) is 6.98. The van der Waals surface area contributed by atoms with Crippen LogP contribution in [0.5, 0.6) is 0 Å². The quantitative estimate of drug-likeness (QED) is 0.734. The standard InChI is InChI=1S/C15H24N2O2/c1-4-5-10-16-14-8-6-13(7-9-14)15(18)19-12-11-17(2)3/h6-9,16H,4-5,10-12H2,1-3H3/i/hD. The first kappa shape index (κ1) is 13.9. The minimum Gasteiger partial charge on any atom is -0.461 e. The smallest absolute Gasteiger partial charge is 0.338 e. The zero-order valence-electron chi connectivity index (χ0n) is 13.1. The van der Waals surface area contributed by atoms with E-state index in [4.69, 9.17) is 6.15 Å². The molecule has 1 rings (SSSR count). The minimum atomic E-state index is -0.316. The van der Waals surface area contributed by atoms with E-state index in [0.717, 1.165) is 18.5 Å². The SMILES string of the molecule is [2H]N(CCCC)c1ccc(C(=O)OCCN(C)C)cc1. The lowest BCUT2D eigenvalue weighted by molar-refractivity contribution is 0.0482. The Hall–Kier alpha value is -1.55. The van der Waals surface area contributed by atoms with E-state index in [-0.39, 0.29) is 5.97 Å². The Morgan fingerprint density at radius 3 is 2.63 bits per heavy atom. The predicted molar refractivity (Wildman–Crippen MR) is 78.7 cm³/mol. The molecule has 0 amide bonds. The Morgan fingerprint density at radius 2 is 2.05 bits per heavy atom. The second-order valence-corrected chi connectivity index (χ2v) is 4.72. The van der Waals surface area contributed by atoms with Crippen LogP contribution in [0.15, 0.2) is 24.3 Å². The van der Waals surface area contributed by atoms with E-state index in [1.165, 1.54) is 5.31 Å². The van der Waals surface area contributed by atoms with Crippen LogP contribution >= 0.6 is 0 Å². The number of benzene rings is 1. The third kappa shape index (κ3) is 6.25. The van der Waals surface area contributed by atoms with Gasteiger partial charge in [0.1, 0.15) is 6.61 Å². The van der Waals surface area contributed by atoms with Gasteiger partial charge in [-0.05, 0) is 44.8 Å². The average molecular weight is 265 g/mol. The highest BCUT2D eigenvalue weighted by Gasteiger charge is 2.06. The molecule has 0 aromatic heterocycles. The van der Waals surface area contributed by atoms with Gasteiger partial charge in [0, 0.05) is 18.8 Å². The highest BCUT2D eigenvalue weighted by atomic mass is 16.5. The van der Waals surface area contributed by atoms with E-state index < -0.39 is 0 Å². The van der Waals surface area contributed by atoms with Crippen LogP contribution in [-0.2, 0) is 4.74 Å². The predicted octanol–water partition coefficient (Wildman–Crippen LogP) is 2.62. The second kappa shape index (κ2) is 8.53. The van der Waals surface area contributed by atoms with Gasteiger partial charge in [-0.1, -0.05) is 13.3 Å². The summed E-state index contributed by atoms with van der Waals surface area (Å²) in [6.07, 6.45) is 2.05. The van der Waals surface area contributed by atoms with Gasteiger partial charge in [0.05, 0.1) is 5.56 Å². The molecule has 0 radical (unpaired) electrons. The molecule has 0 aliphatic rings. The van der Waals surface area contributed by atoms with Gasteiger partial charge in [-0.25, -0.2) is 4.79 Å². The molecular formula is C15H24N2O2. The number of unbranched alkanes of at least 4 members (excludes halogenated alkanes) is 1. The fourth-order valence-corrected chi connectivity index (χ4v) is 1.47. The van der Waals surface area contributed by atoms with Crippen molar-refractivity contribution in [2.75, 3.05) is 39.1 Å². The number of nitrogens with zero attached hydrogens (tertiary/aromatic N) is 1. The summed E-state index contributed by atoms with van der Waals surface area (Å²) in [6.45, 7) is 3.89. The van der Waals surface area contributed by atoms with E-state index in [1.807, 2.05) is 19.0 Å². The van der Waals surface area contributed by atoms with Crippen LogP contribution in [0.1, 0.15) is 30.1 Å². The number of ether oxygens (including phenoxy) is 1. The van der Waals surface area contributed by atoms with Crippen LogP contribution < -0.4 is 5.31 Å². The van der Waals surface area contributed by atoms with Gasteiger partial charge in [0.15, 0.2) is 1.41 Å². The lowest BCUT2D eigenvalue weighted by atomic mass is 10.2. The summed E-state index contributed by atoms with van der Waals surface area (Å²) in [5.41, 5.74) is 1.32.